The Bertz CT molecular complexity index is 3930. The van der Waals surface area contributed by atoms with Gasteiger partial charge in [-0.05, 0) is 121 Å². The predicted octanol–water partition coefficient (Wildman–Crippen LogP) is 17.4. The lowest BCUT2D eigenvalue weighted by molar-refractivity contribution is 0.668. The molecule has 0 aliphatic rings. The summed E-state index contributed by atoms with van der Waals surface area (Å²) in [6.07, 6.45) is 0. The Labute approximate surface area is 363 Å². The van der Waals surface area contributed by atoms with Crippen molar-refractivity contribution in [3.63, 3.8) is 0 Å². The third kappa shape index (κ3) is 5.67. The van der Waals surface area contributed by atoms with E-state index >= 15 is 0 Å². The van der Waals surface area contributed by atoms with Crippen molar-refractivity contribution in [1.29, 1.82) is 0 Å². The van der Waals surface area contributed by atoms with E-state index in [2.05, 4.69) is 211 Å². The van der Waals surface area contributed by atoms with E-state index in [1.165, 1.54) is 37.9 Å². The molecule has 0 saturated heterocycles. The number of nitrogens with zero attached hydrogens (tertiary/aromatic N) is 1. The van der Waals surface area contributed by atoms with Crippen molar-refractivity contribution < 1.29 is 8.83 Å². The van der Waals surface area contributed by atoms with Crippen molar-refractivity contribution in [2.75, 3.05) is 4.90 Å². The quantitative estimate of drug-likeness (QED) is 0.157. The van der Waals surface area contributed by atoms with Crippen LogP contribution in [0.25, 0.3) is 110 Å². The van der Waals surface area contributed by atoms with Gasteiger partial charge in [-0.15, -0.1) is 0 Å². The van der Waals surface area contributed by atoms with Gasteiger partial charge in [-0.2, -0.15) is 0 Å². The second kappa shape index (κ2) is 14.1. The van der Waals surface area contributed by atoms with Gasteiger partial charge in [0.25, 0.3) is 0 Å². The molecule has 0 fully saturated rings. The van der Waals surface area contributed by atoms with Crippen molar-refractivity contribution in [1.82, 2.24) is 0 Å². The van der Waals surface area contributed by atoms with Gasteiger partial charge in [-0.25, -0.2) is 0 Å². The summed E-state index contributed by atoms with van der Waals surface area (Å²) in [5, 5.41) is 11.7. The van der Waals surface area contributed by atoms with Gasteiger partial charge in [-0.1, -0.05) is 164 Å². The number of furan rings is 2. The van der Waals surface area contributed by atoms with Crippen LogP contribution in [0, 0.1) is 0 Å². The summed E-state index contributed by atoms with van der Waals surface area (Å²) in [7, 11) is 0. The first-order valence-corrected chi connectivity index (χ1v) is 21.5. The molecule has 0 aliphatic heterocycles. The highest BCUT2D eigenvalue weighted by atomic mass is 16.3. The lowest BCUT2D eigenvalue weighted by atomic mass is 9.90. The molecule has 294 valence electrons. The first-order valence-electron chi connectivity index (χ1n) is 21.5. The van der Waals surface area contributed by atoms with Crippen molar-refractivity contribution in [3.05, 3.63) is 224 Å². The van der Waals surface area contributed by atoms with Crippen molar-refractivity contribution in [3.8, 4) is 33.4 Å². The van der Waals surface area contributed by atoms with Gasteiger partial charge in [0.1, 0.15) is 16.7 Å². The molecule has 2 aromatic heterocycles. The fourth-order valence-electron chi connectivity index (χ4n) is 9.91. The third-order valence-electron chi connectivity index (χ3n) is 12.8. The molecule has 0 aliphatic carbocycles. The highest BCUT2D eigenvalue weighted by molar-refractivity contribution is 6.15. The average molecular weight is 804 g/mol. The minimum Gasteiger partial charge on any atom is -0.456 e. The Morgan fingerprint density at radius 3 is 1.70 bits per heavy atom. The summed E-state index contributed by atoms with van der Waals surface area (Å²) in [5.74, 6) is 0. The first-order chi connectivity index (χ1) is 31.2. The molecular weight excluding hydrogens is 767 g/mol. The molecule has 2 heterocycles. The number of rotatable bonds is 6. The number of benzene rings is 11. The van der Waals surface area contributed by atoms with Crippen LogP contribution in [0.5, 0.6) is 0 Å². The lowest BCUT2D eigenvalue weighted by Crippen LogP contribution is -2.12. The molecular formula is C60H37NO2. The topological polar surface area (TPSA) is 29.5 Å². The van der Waals surface area contributed by atoms with Gasteiger partial charge in [0, 0.05) is 32.8 Å². The molecule has 0 unspecified atom stereocenters. The summed E-state index contributed by atoms with van der Waals surface area (Å²) in [5.41, 5.74) is 13.3. The fourth-order valence-corrected chi connectivity index (χ4v) is 9.91. The van der Waals surface area contributed by atoms with E-state index in [0.29, 0.717) is 0 Å². The molecule has 0 saturated carbocycles. The van der Waals surface area contributed by atoms with Crippen LogP contribution in [0.4, 0.5) is 17.1 Å². The molecule has 0 N–H and O–H groups in total. The molecule has 11 aromatic carbocycles. The Morgan fingerprint density at radius 1 is 0.286 bits per heavy atom. The number of fused-ring (bicyclic) bond motifs is 10. The Morgan fingerprint density at radius 2 is 0.873 bits per heavy atom. The molecule has 0 atom stereocenters. The highest BCUT2D eigenvalue weighted by Gasteiger charge is 2.25. The number of anilines is 3. The standard InChI is InChI=1S/C60H37NO2/c1-2-14-40-35-43(28-27-38(40)13-1)59-46(42-31-34-58-53(37-42)50-20-8-9-25-56(50)62-58)21-11-23-54(59)61(55-24-12-22-51-49-19-7-10-26-57(49)63-60(51)55)44-32-29-39(30-33-44)52-36-41-15-3-4-16-45(41)47-17-5-6-18-48(47)52/h1-37H. The SMILES string of the molecule is c1cc(-c2ccc3oc4ccccc4c3c2)c(-c2ccc3ccccc3c2)c(N(c2ccc(-c3cc4ccccc4c4ccccc34)cc2)c2cccc3c2oc2ccccc23)c1. The summed E-state index contributed by atoms with van der Waals surface area (Å²) >= 11 is 0. The van der Waals surface area contributed by atoms with Crippen LogP contribution in [0.15, 0.2) is 233 Å². The third-order valence-corrected chi connectivity index (χ3v) is 12.8. The van der Waals surface area contributed by atoms with Crippen molar-refractivity contribution in [2.45, 2.75) is 0 Å². The van der Waals surface area contributed by atoms with Crippen LogP contribution in [0.3, 0.4) is 0 Å². The average Bonchev–Trinajstić information content (AvgIpc) is 3.93. The van der Waals surface area contributed by atoms with Crippen LogP contribution < -0.4 is 4.90 Å². The smallest absolute Gasteiger partial charge is 0.159 e. The largest absolute Gasteiger partial charge is 0.456 e. The zero-order chi connectivity index (χ0) is 41.4. The maximum Gasteiger partial charge on any atom is 0.159 e. The molecule has 0 spiro atoms. The summed E-state index contributed by atoms with van der Waals surface area (Å²) in [4.78, 5) is 2.40. The Balaban J connectivity index is 1.08. The molecule has 63 heavy (non-hydrogen) atoms. The minimum absolute atomic E-state index is 0.837. The van der Waals surface area contributed by atoms with E-state index in [1.54, 1.807) is 0 Å². The number of hydrogen-bond acceptors (Lipinski definition) is 3. The van der Waals surface area contributed by atoms with Crippen LogP contribution in [0.2, 0.25) is 0 Å². The molecule has 0 bridgehead atoms. The van der Waals surface area contributed by atoms with E-state index in [-0.39, 0.29) is 0 Å². The van der Waals surface area contributed by atoms with E-state index < -0.39 is 0 Å². The number of hydrogen-bond donors (Lipinski definition) is 0. The van der Waals surface area contributed by atoms with Gasteiger partial charge in [0.2, 0.25) is 0 Å². The Kier molecular flexibility index (Phi) is 7.91. The second-order valence-corrected chi connectivity index (χ2v) is 16.4. The van der Waals surface area contributed by atoms with Crippen LogP contribution >= 0.6 is 0 Å². The molecule has 0 amide bonds. The lowest BCUT2D eigenvalue weighted by Gasteiger charge is -2.29. The van der Waals surface area contributed by atoms with E-state index in [9.17, 15) is 0 Å². The molecule has 0 radical (unpaired) electrons. The van der Waals surface area contributed by atoms with E-state index in [4.69, 9.17) is 8.83 Å². The van der Waals surface area contributed by atoms with Crippen molar-refractivity contribution >= 4 is 93.3 Å². The highest BCUT2D eigenvalue weighted by Crippen LogP contribution is 2.49. The van der Waals surface area contributed by atoms with Crippen molar-refractivity contribution in [2.24, 2.45) is 0 Å². The second-order valence-electron chi connectivity index (χ2n) is 16.4. The first kappa shape index (κ1) is 35.4. The monoisotopic (exact) mass is 803 g/mol. The van der Waals surface area contributed by atoms with Gasteiger partial charge < -0.3 is 13.7 Å². The summed E-state index contributed by atoms with van der Waals surface area (Å²) in [6.45, 7) is 0. The van der Waals surface area contributed by atoms with Gasteiger partial charge in [-0.3, -0.25) is 0 Å². The van der Waals surface area contributed by atoms with Crippen LogP contribution in [-0.2, 0) is 0 Å². The maximum atomic E-state index is 6.84. The minimum atomic E-state index is 0.837. The van der Waals surface area contributed by atoms with Crippen LogP contribution in [-0.4, -0.2) is 0 Å². The fraction of sp³-hybridized carbons (Fsp3) is 0. The van der Waals surface area contributed by atoms with Gasteiger partial charge >= 0.3 is 0 Å². The van der Waals surface area contributed by atoms with Gasteiger partial charge in [0.05, 0.1) is 11.4 Å². The summed E-state index contributed by atoms with van der Waals surface area (Å²) < 4.78 is 13.2. The van der Waals surface area contributed by atoms with Crippen LogP contribution in [0.1, 0.15) is 0 Å². The van der Waals surface area contributed by atoms with E-state index in [0.717, 1.165) is 88.8 Å². The normalized spacial score (nSPS) is 11.8. The Hall–Kier alpha value is -8.40. The summed E-state index contributed by atoms with van der Waals surface area (Å²) in [6, 6.07) is 80.7. The molecule has 3 heteroatoms. The van der Waals surface area contributed by atoms with E-state index in [1.807, 2.05) is 18.2 Å². The maximum absolute atomic E-state index is 6.84. The predicted molar refractivity (Wildman–Crippen MR) is 265 cm³/mol. The molecule has 13 rings (SSSR count). The molecule has 3 nitrogen and oxygen atoms in total. The zero-order valence-electron chi connectivity index (χ0n) is 34.1. The zero-order valence-corrected chi connectivity index (χ0v) is 34.1. The molecule has 13 aromatic rings. The number of para-hydroxylation sites is 3. The van der Waals surface area contributed by atoms with Gasteiger partial charge in [0.15, 0.2) is 5.58 Å².